The van der Waals surface area contributed by atoms with Crippen molar-refractivity contribution in [2.24, 2.45) is 0 Å². The highest BCUT2D eigenvalue weighted by molar-refractivity contribution is 5.96. The molecular weight excluding hydrogens is 263 g/mol. The monoisotopic (exact) mass is 278 g/mol. The summed E-state index contributed by atoms with van der Waals surface area (Å²) in [6.07, 6.45) is 0. The van der Waals surface area contributed by atoms with Gasteiger partial charge in [0.2, 0.25) is 0 Å². The third-order valence-electron chi connectivity index (χ3n) is 2.67. The van der Waals surface area contributed by atoms with Gasteiger partial charge in [-0.25, -0.2) is 4.39 Å². The molecule has 0 bridgehead atoms. The Kier molecular flexibility index (Phi) is 4.12. The van der Waals surface area contributed by atoms with E-state index >= 15 is 0 Å². The van der Waals surface area contributed by atoms with Gasteiger partial charge < -0.3 is 9.26 Å². The van der Waals surface area contributed by atoms with Gasteiger partial charge in [-0.05, 0) is 25.1 Å². The summed E-state index contributed by atoms with van der Waals surface area (Å²) in [5.74, 6) is 0.603. The minimum atomic E-state index is -0.484. The number of ether oxygens (including phenoxy) is 1. The zero-order valence-corrected chi connectivity index (χ0v) is 11.5. The molecule has 1 aromatic carbocycles. The lowest BCUT2D eigenvalue weighted by molar-refractivity contribution is 0.101. The van der Waals surface area contributed by atoms with Gasteiger partial charge in [0.15, 0.2) is 18.2 Å². The van der Waals surface area contributed by atoms with Crippen molar-refractivity contribution in [3.8, 4) is 5.75 Å². The van der Waals surface area contributed by atoms with Crippen LogP contribution in [0.3, 0.4) is 0 Å². The van der Waals surface area contributed by atoms with Crippen molar-refractivity contribution in [2.45, 2.75) is 33.3 Å². The lowest BCUT2D eigenvalue weighted by Crippen LogP contribution is -2.02. The van der Waals surface area contributed by atoms with Crippen LogP contribution in [-0.2, 0) is 6.61 Å². The predicted molar refractivity (Wildman–Crippen MR) is 69.1 cm³/mol. The molecule has 0 saturated carbocycles. The lowest BCUT2D eigenvalue weighted by Gasteiger charge is -2.07. The van der Waals surface area contributed by atoms with E-state index in [1.54, 1.807) is 0 Å². The third kappa shape index (κ3) is 3.20. The minimum Gasteiger partial charge on any atom is -0.483 e. The molecule has 0 radical (unpaired) electrons. The van der Waals surface area contributed by atoms with Gasteiger partial charge >= 0.3 is 0 Å². The molecule has 2 aromatic rings. The topological polar surface area (TPSA) is 65.2 Å². The van der Waals surface area contributed by atoms with Crippen LogP contribution in [0.25, 0.3) is 0 Å². The summed E-state index contributed by atoms with van der Waals surface area (Å²) in [4.78, 5) is 15.6. The molecule has 20 heavy (non-hydrogen) atoms. The molecule has 0 amide bonds. The fourth-order valence-electron chi connectivity index (χ4n) is 1.60. The van der Waals surface area contributed by atoms with Crippen LogP contribution in [0.2, 0.25) is 0 Å². The number of hydrogen-bond donors (Lipinski definition) is 0. The summed E-state index contributed by atoms with van der Waals surface area (Å²) >= 11 is 0. The van der Waals surface area contributed by atoms with E-state index in [0.717, 1.165) is 6.07 Å². The van der Waals surface area contributed by atoms with Crippen molar-refractivity contribution in [1.29, 1.82) is 0 Å². The number of hydrogen-bond acceptors (Lipinski definition) is 5. The van der Waals surface area contributed by atoms with E-state index in [4.69, 9.17) is 9.26 Å². The van der Waals surface area contributed by atoms with E-state index < -0.39 is 5.82 Å². The molecule has 0 unspecified atom stereocenters. The average Bonchev–Trinajstić information content (AvgIpc) is 2.86. The van der Waals surface area contributed by atoms with E-state index in [1.165, 1.54) is 19.1 Å². The second-order valence-corrected chi connectivity index (χ2v) is 4.69. The van der Waals surface area contributed by atoms with Gasteiger partial charge in [0.05, 0.1) is 5.56 Å². The van der Waals surface area contributed by atoms with Gasteiger partial charge in [-0.15, -0.1) is 0 Å². The molecule has 0 aliphatic rings. The zero-order valence-electron chi connectivity index (χ0n) is 11.5. The Morgan fingerprint density at radius 3 is 2.80 bits per heavy atom. The first-order valence-corrected chi connectivity index (χ1v) is 6.23. The summed E-state index contributed by atoms with van der Waals surface area (Å²) in [6, 6.07) is 3.78. The Bertz CT molecular complexity index is 623. The number of benzene rings is 1. The van der Waals surface area contributed by atoms with Crippen molar-refractivity contribution in [2.75, 3.05) is 0 Å². The van der Waals surface area contributed by atoms with Crippen LogP contribution in [-0.4, -0.2) is 15.9 Å². The van der Waals surface area contributed by atoms with Crippen LogP contribution in [0.1, 0.15) is 48.8 Å². The van der Waals surface area contributed by atoms with Gasteiger partial charge in [-0.2, -0.15) is 4.98 Å². The van der Waals surface area contributed by atoms with Crippen molar-refractivity contribution >= 4 is 5.78 Å². The van der Waals surface area contributed by atoms with E-state index in [9.17, 15) is 9.18 Å². The molecule has 106 valence electrons. The van der Waals surface area contributed by atoms with E-state index in [0.29, 0.717) is 17.5 Å². The number of Topliss-reactive ketones (excluding diaryl/α,β-unsaturated/α-hetero) is 1. The molecule has 0 N–H and O–H groups in total. The highest BCUT2D eigenvalue weighted by atomic mass is 19.1. The van der Waals surface area contributed by atoms with Crippen LogP contribution in [0, 0.1) is 5.82 Å². The first-order valence-electron chi connectivity index (χ1n) is 6.23. The first-order chi connectivity index (χ1) is 9.47. The molecule has 0 atom stereocenters. The summed E-state index contributed by atoms with van der Waals surface area (Å²) in [5, 5.41) is 3.81. The molecule has 0 saturated heterocycles. The molecular formula is C14H15FN2O3. The number of carbonyl (C=O) groups is 1. The maximum atomic E-state index is 13.1. The van der Waals surface area contributed by atoms with Gasteiger partial charge in [0, 0.05) is 5.92 Å². The normalized spacial score (nSPS) is 10.8. The number of carbonyl (C=O) groups excluding carboxylic acids is 1. The second-order valence-electron chi connectivity index (χ2n) is 4.69. The number of nitrogens with zero attached hydrogens (tertiary/aromatic N) is 2. The highest BCUT2D eigenvalue weighted by Gasteiger charge is 2.13. The third-order valence-corrected chi connectivity index (χ3v) is 2.67. The van der Waals surface area contributed by atoms with Gasteiger partial charge in [-0.3, -0.25) is 4.79 Å². The lowest BCUT2D eigenvalue weighted by atomic mass is 10.1. The summed E-state index contributed by atoms with van der Waals surface area (Å²) in [5.41, 5.74) is 0.189. The average molecular weight is 278 g/mol. The van der Waals surface area contributed by atoms with Crippen LogP contribution in [0.15, 0.2) is 22.7 Å². The van der Waals surface area contributed by atoms with Crippen molar-refractivity contribution in [3.63, 3.8) is 0 Å². The van der Waals surface area contributed by atoms with E-state index in [2.05, 4.69) is 10.1 Å². The Morgan fingerprint density at radius 1 is 1.45 bits per heavy atom. The van der Waals surface area contributed by atoms with Gasteiger partial charge in [0.1, 0.15) is 11.6 Å². The fourth-order valence-corrected chi connectivity index (χ4v) is 1.60. The van der Waals surface area contributed by atoms with E-state index in [1.807, 2.05) is 13.8 Å². The minimum absolute atomic E-state index is 0.0334. The largest absolute Gasteiger partial charge is 0.483 e. The summed E-state index contributed by atoms with van der Waals surface area (Å²) in [7, 11) is 0. The Hall–Kier alpha value is -2.24. The molecule has 1 heterocycles. The fraction of sp³-hybridized carbons (Fsp3) is 0.357. The van der Waals surface area contributed by atoms with Crippen molar-refractivity contribution < 1.29 is 18.4 Å². The standard InChI is InChI=1S/C14H15FN2O3/c1-8(2)14-16-13(20-17-14)7-19-12-5-4-10(15)6-11(12)9(3)18/h4-6,8H,7H2,1-3H3. The Morgan fingerprint density at radius 2 is 2.20 bits per heavy atom. The smallest absolute Gasteiger partial charge is 0.264 e. The quantitative estimate of drug-likeness (QED) is 0.786. The molecule has 0 fully saturated rings. The predicted octanol–water partition coefficient (Wildman–Crippen LogP) is 3.11. The van der Waals surface area contributed by atoms with Gasteiger partial charge in [-0.1, -0.05) is 19.0 Å². The molecule has 1 aromatic heterocycles. The van der Waals surface area contributed by atoms with Crippen LogP contribution in [0.5, 0.6) is 5.75 Å². The SMILES string of the molecule is CC(=O)c1cc(F)ccc1OCc1nc(C(C)C)no1. The Labute approximate surface area is 115 Å². The molecule has 2 rings (SSSR count). The number of halogens is 1. The Balaban J connectivity index is 2.12. The second kappa shape index (κ2) is 5.81. The molecule has 5 nitrogen and oxygen atoms in total. The maximum absolute atomic E-state index is 13.1. The summed E-state index contributed by atoms with van der Waals surface area (Å²) < 4.78 is 23.6. The van der Waals surface area contributed by atoms with E-state index in [-0.39, 0.29) is 23.9 Å². The highest BCUT2D eigenvalue weighted by Crippen LogP contribution is 2.21. The van der Waals surface area contributed by atoms with Crippen LogP contribution in [0.4, 0.5) is 4.39 Å². The number of aromatic nitrogens is 2. The van der Waals surface area contributed by atoms with Gasteiger partial charge in [0.25, 0.3) is 5.89 Å². The maximum Gasteiger partial charge on any atom is 0.264 e. The molecule has 6 heteroatoms. The molecule has 0 spiro atoms. The molecule has 0 aliphatic carbocycles. The summed E-state index contributed by atoms with van der Waals surface area (Å²) in [6.45, 7) is 5.28. The molecule has 0 aliphatic heterocycles. The van der Waals surface area contributed by atoms with Crippen molar-refractivity contribution in [1.82, 2.24) is 10.1 Å². The van der Waals surface area contributed by atoms with Crippen molar-refractivity contribution in [3.05, 3.63) is 41.3 Å². The first kappa shape index (κ1) is 14.2. The number of rotatable bonds is 5. The number of ketones is 1. The zero-order chi connectivity index (χ0) is 14.7. The van der Waals surface area contributed by atoms with Crippen LogP contribution >= 0.6 is 0 Å². The van der Waals surface area contributed by atoms with Crippen LogP contribution < -0.4 is 4.74 Å².